The van der Waals surface area contributed by atoms with E-state index in [9.17, 15) is 4.79 Å². The largest absolute Gasteiger partial charge is 0.338 e. The van der Waals surface area contributed by atoms with Crippen molar-refractivity contribution in [3.8, 4) is 6.07 Å². The third kappa shape index (κ3) is 2.73. The van der Waals surface area contributed by atoms with Gasteiger partial charge in [0.05, 0.1) is 6.07 Å². The molecule has 0 fully saturated rings. The molecule has 0 aliphatic heterocycles. The maximum Gasteiger partial charge on any atom is 0.270 e. The topological polar surface area (TPSA) is 65.8 Å². The van der Waals surface area contributed by atoms with E-state index in [2.05, 4.69) is 10.3 Å². The number of nitriles is 1. The first kappa shape index (κ1) is 9.49. The fourth-order valence-corrected chi connectivity index (χ4v) is 0.909. The van der Waals surface area contributed by atoms with E-state index in [1.165, 1.54) is 6.07 Å². The number of nitrogens with one attached hydrogen (secondary N) is 1. The van der Waals surface area contributed by atoms with Crippen LogP contribution in [0.25, 0.3) is 0 Å². The molecule has 0 saturated heterocycles. The highest BCUT2D eigenvalue weighted by Gasteiger charge is 2.05. The van der Waals surface area contributed by atoms with Crippen LogP contribution in [0.4, 0.5) is 0 Å². The van der Waals surface area contributed by atoms with Gasteiger partial charge in [0.2, 0.25) is 0 Å². The van der Waals surface area contributed by atoms with Gasteiger partial charge < -0.3 is 5.32 Å². The van der Waals surface area contributed by atoms with E-state index < -0.39 is 5.91 Å². The van der Waals surface area contributed by atoms with E-state index in [1.807, 2.05) is 0 Å². The van der Waals surface area contributed by atoms with Gasteiger partial charge in [0, 0.05) is 0 Å². The normalized spacial score (nSPS) is 8.92. The first-order valence-corrected chi connectivity index (χ1v) is 3.89. The zero-order chi connectivity index (χ0) is 9.68. The van der Waals surface area contributed by atoms with Gasteiger partial charge in [-0.25, -0.2) is 4.98 Å². The van der Waals surface area contributed by atoms with Crippen LogP contribution in [0.1, 0.15) is 10.5 Å². The lowest BCUT2D eigenvalue weighted by atomic mass is 10.3. The summed E-state index contributed by atoms with van der Waals surface area (Å²) in [5.41, 5.74) is 0.211. The number of amides is 1. The number of aromatic nitrogens is 1. The zero-order valence-electron chi connectivity index (χ0n) is 6.62. The van der Waals surface area contributed by atoms with Gasteiger partial charge in [0.15, 0.2) is 0 Å². The van der Waals surface area contributed by atoms with Crippen LogP contribution in [-0.2, 0) is 0 Å². The Morgan fingerprint density at radius 1 is 1.69 bits per heavy atom. The molecular weight excluding hydrogens is 190 g/mol. The first-order chi connectivity index (χ1) is 6.24. The van der Waals surface area contributed by atoms with E-state index in [0.717, 1.165) is 0 Å². The van der Waals surface area contributed by atoms with Gasteiger partial charge in [-0.05, 0) is 12.1 Å². The Kier molecular flexibility index (Phi) is 3.23. The van der Waals surface area contributed by atoms with E-state index >= 15 is 0 Å². The molecule has 1 N–H and O–H groups in total. The summed E-state index contributed by atoms with van der Waals surface area (Å²) >= 11 is 5.57. The van der Waals surface area contributed by atoms with Gasteiger partial charge in [0.1, 0.15) is 17.4 Å². The van der Waals surface area contributed by atoms with Crippen LogP contribution >= 0.6 is 11.6 Å². The highest BCUT2D eigenvalue weighted by Crippen LogP contribution is 2.04. The molecule has 0 radical (unpaired) electrons. The molecule has 1 aromatic heterocycles. The van der Waals surface area contributed by atoms with Crippen LogP contribution in [-0.4, -0.2) is 17.4 Å². The van der Waals surface area contributed by atoms with E-state index in [1.54, 1.807) is 18.2 Å². The minimum absolute atomic E-state index is 0.0347. The van der Waals surface area contributed by atoms with Crippen molar-refractivity contribution in [3.05, 3.63) is 29.0 Å². The average molecular weight is 196 g/mol. The molecule has 0 unspecified atom stereocenters. The van der Waals surface area contributed by atoms with Crippen LogP contribution in [0.15, 0.2) is 18.2 Å². The van der Waals surface area contributed by atoms with E-state index in [-0.39, 0.29) is 17.4 Å². The van der Waals surface area contributed by atoms with E-state index in [4.69, 9.17) is 16.9 Å². The van der Waals surface area contributed by atoms with Crippen LogP contribution in [0, 0.1) is 11.3 Å². The molecule has 0 bridgehead atoms. The van der Waals surface area contributed by atoms with Crippen molar-refractivity contribution in [2.75, 3.05) is 6.54 Å². The Morgan fingerprint density at radius 3 is 3.08 bits per heavy atom. The van der Waals surface area contributed by atoms with Crippen molar-refractivity contribution >= 4 is 17.5 Å². The number of hydrogen-bond donors (Lipinski definition) is 1. The number of carbonyl (C=O) groups excluding carboxylic acids is 1. The summed E-state index contributed by atoms with van der Waals surface area (Å²) in [5, 5.41) is 10.8. The van der Waals surface area contributed by atoms with Crippen LogP contribution in [0.5, 0.6) is 0 Å². The Labute approximate surface area is 80.2 Å². The third-order valence-electron chi connectivity index (χ3n) is 1.28. The number of carbonyl (C=O) groups is 1. The molecule has 1 rings (SSSR count). The zero-order valence-corrected chi connectivity index (χ0v) is 7.38. The predicted octanol–water partition coefficient (Wildman–Crippen LogP) is 0.988. The van der Waals surface area contributed by atoms with Crippen molar-refractivity contribution in [3.63, 3.8) is 0 Å². The van der Waals surface area contributed by atoms with Gasteiger partial charge in [-0.1, -0.05) is 17.7 Å². The molecule has 1 heterocycles. The predicted molar refractivity (Wildman–Crippen MR) is 47.2 cm³/mol. The molecule has 0 aliphatic rings. The molecule has 1 amide bonds. The number of hydrogen-bond acceptors (Lipinski definition) is 3. The quantitative estimate of drug-likeness (QED) is 0.565. The number of halogens is 1. The summed E-state index contributed by atoms with van der Waals surface area (Å²) in [7, 11) is 0. The lowest BCUT2D eigenvalue weighted by molar-refractivity contribution is 0.0953. The lowest BCUT2D eigenvalue weighted by Gasteiger charge is -1.99. The maximum atomic E-state index is 11.2. The molecule has 1 aromatic rings. The Hall–Kier alpha value is -1.60. The van der Waals surface area contributed by atoms with Crippen molar-refractivity contribution in [1.29, 1.82) is 5.26 Å². The highest BCUT2D eigenvalue weighted by molar-refractivity contribution is 6.29. The smallest absolute Gasteiger partial charge is 0.270 e. The van der Waals surface area contributed by atoms with Crippen LogP contribution in [0.2, 0.25) is 5.15 Å². The Balaban J connectivity index is 2.72. The lowest BCUT2D eigenvalue weighted by Crippen LogP contribution is -2.24. The van der Waals surface area contributed by atoms with E-state index in [0.29, 0.717) is 0 Å². The molecule has 0 atom stereocenters. The fourth-order valence-electron chi connectivity index (χ4n) is 0.745. The van der Waals surface area contributed by atoms with Gasteiger partial charge in [-0.2, -0.15) is 5.26 Å². The monoisotopic (exact) mass is 195 g/mol. The summed E-state index contributed by atoms with van der Waals surface area (Å²) in [6.45, 7) is -0.0347. The molecule has 66 valence electrons. The minimum atomic E-state index is -0.399. The first-order valence-electron chi connectivity index (χ1n) is 3.52. The molecular formula is C8H6ClN3O. The summed E-state index contributed by atoms with van der Waals surface area (Å²) in [5.74, 6) is -0.399. The van der Waals surface area contributed by atoms with Crippen molar-refractivity contribution < 1.29 is 4.79 Å². The molecule has 0 aliphatic carbocycles. The van der Waals surface area contributed by atoms with Gasteiger partial charge in [0.25, 0.3) is 5.91 Å². The van der Waals surface area contributed by atoms with Crippen LogP contribution < -0.4 is 5.32 Å². The number of nitrogens with zero attached hydrogens (tertiary/aromatic N) is 2. The number of rotatable bonds is 2. The van der Waals surface area contributed by atoms with Crippen molar-refractivity contribution in [2.24, 2.45) is 0 Å². The van der Waals surface area contributed by atoms with Crippen molar-refractivity contribution in [2.45, 2.75) is 0 Å². The van der Waals surface area contributed by atoms with Gasteiger partial charge >= 0.3 is 0 Å². The second-order valence-corrected chi connectivity index (χ2v) is 2.57. The Bertz CT molecular complexity index is 359. The maximum absolute atomic E-state index is 11.2. The summed E-state index contributed by atoms with van der Waals surface area (Å²) < 4.78 is 0. The highest BCUT2D eigenvalue weighted by atomic mass is 35.5. The fraction of sp³-hybridized carbons (Fsp3) is 0.125. The molecule has 4 nitrogen and oxygen atoms in total. The molecule has 0 spiro atoms. The second-order valence-electron chi connectivity index (χ2n) is 2.19. The standard InChI is InChI=1S/C8H6ClN3O/c9-7-3-1-2-6(12-7)8(13)11-5-4-10/h1-3H,5H2,(H,11,13). The van der Waals surface area contributed by atoms with Crippen LogP contribution in [0.3, 0.4) is 0 Å². The van der Waals surface area contributed by atoms with Crippen molar-refractivity contribution in [1.82, 2.24) is 10.3 Å². The summed E-state index contributed by atoms with van der Waals surface area (Å²) in [6.07, 6.45) is 0. The minimum Gasteiger partial charge on any atom is -0.338 e. The molecule has 5 heteroatoms. The van der Waals surface area contributed by atoms with Gasteiger partial charge in [-0.3, -0.25) is 4.79 Å². The summed E-state index contributed by atoms with van der Waals surface area (Å²) in [6, 6.07) is 6.51. The molecule has 13 heavy (non-hydrogen) atoms. The SMILES string of the molecule is N#CCNC(=O)c1cccc(Cl)n1. The number of pyridine rings is 1. The third-order valence-corrected chi connectivity index (χ3v) is 1.49. The van der Waals surface area contributed by atoms with Gasteiger partial charge in [-0.15, -0.1) is 0 Å². The molecule has 0 aromatic carbocycles. The second kappa shape index (κ2) is 4.43. The summed E-state index contributed by atoms with van der Waals surface area (Å²) in [4.78, 5) is 14.9. The average Bonchev–Trinajstić information content (AvgIpc) is 2.14. The Morgan fingerprint density at radius 2 is 2.46 bits per heavy atom. The molecule has 0 saturated carbocycles.